The standard InChI is InChI=1S/C17H17N3O/c1-3-20(12-16-9-4-6-13(2)19-16)17(21)15-8-5-7-14(10-15)11-18/h4-10H,3,12H2,1-2H3. The molecule has 2 rings (SSSR count). The van der Waals surface area contributed by atoms with Crippen LogP contribution < -0.4 is 0 Å². The van der Waals surface area contributed by atoms with Crippen molar-refractivity contribution in [3.05, 3.63) is 65.0 Å². The van der Waals surface area contributed by atoms with Crippen LogP contribution in [0.5, 0.6) is 0 Å². The van der Waals surface area contributed by atoms with Gasteiger partial charge in [0.2, 0.25) is 0 Å². The van der Waals surface area contributed by atoms with Gasteiger partial charge in [0.1, 0.15) is 0 Å². The molecular formula is C17H17N3O. The molecule has 0 radical (unpaired) electrons. The molecule has 1 aromatic carbocycles. The summed E-state index contributed by atoms with van der Waals surface area (Å²) < 4.78 is 0. The second-order valence-corrected chi connectivity index (χ2v) is 4.78. The van der Waals surface area contributed by atoms with Crippen LogP contribution in [-0.2, 0) is 6.54 Å². The van der Waals surface area contributed by atoms with Crippen LogP contribution in [-0.4, -0.2) is 22.3 Å². The molecule has 1 aromatic heterocycles. The Morgan fingerprint density at radius 2 is 2.05 bits per heavy atom. The second kappa shape index (κ2) is 6.67. The maximum absolute atomic E-state index is 12.5. The van der Waals surface area contributed by atoms with Gasteiger partial charge in [0.05, 0.1) is 23.9 Å². The predicted octanol–water partition coefficient (Wildman–Crippen LogP) is 2.92. The zero-order valence-corrected chi connectivity index (χ0v) is 12.2. The van der Waals surface area contributed by atoms with E-state index in [1.54, 1.807) is 29.2 Å². The Kier molecular flexibility index (Phi) is 4.68. The van der Waals surface area contributed by atoms with E-state index in [2.05, 4.69) is 11.1 Å². The van der Waals surface area contributed by atoms with E-state index in [0.717, 1.165) is 11.4 Å². The van der Waals surface area contributed by atoms with Gasteiger partial charge >= 0.3 is 0 Å². The highest BCUT2D eigenvalue weighted by molar-refractivity contribution is 5.94. The molecule has 0 fully saturated rings. The molecule has 106 valence electrons. The first-order chi connectivity index (χ1) is 10.1. The van der Waals surface area contributed by atoms with E-state index in [-0.39, 0.29) is 5.91 Å². The number of aryl methyl sites for hydroxylation is 1. The Morgan fingerprint density at radius 3 is 2.71 bits per heavy atom. The zero-order valence-electron chi connectivity index (χ0n) is 12.2. The zero-order chi connectivity index (χ0) is 15.2. The first-order valence-corrected chi connectivity index (χ1v) is 6.86. The average molecular weight is 279 g/mol. The Morgan fingerprint density at radius 1 is 1.29 bits per heavy atom. The number of hydrogen-bond donors (Lipinski definition) is 0. The van der Waals surface area contributed by atoms with Crippen LogP contribution in [0.3, 0.4) is 0 Å². The molecule has 1 heterocycles. The third-order valence-electron chi connectivity index (χ3n) is 3.21. The molecule has 2 aromatic rings. The summed E-state index contributed by atoms with van der Waals surface area (Å²) in [5.74, 6) is -0.0853. The van der Waals surface area contributed by atoms with Gasteiger partial charge in [-0.15, -0.1) is 0 Å². The third kappa shape index (κ3) is 3.67. The molecule has 0 aliphatic rings. The van der Waals surface area contributed by atoms with Crippen LogP contribution >= 0.6 is 0 Å². The van der Waals surface area contributed by atoms with E-state index in [9.17, 15) is 4.79 Å². The first-order valence-electron chi connectivity index (χ1n) is 6.86. The molecule has 0 N–H and O–H groups in total. The minimum atomic E-state index is -0.0853. The Balaban J connectivity index is 2.20. The van der Waals surface area contributed by atoms with Crippen LogP contribution in [0.1, 0.15) is 34.2 Å². The van der Waals surface area contributed by atoms with Crippen molar-refractivity contribution >= 4 is 5.91 Å². The van der Waals surface area contributed by atoms with Crippen molar-refractivity contribution in [1.29, 1.82) is 5.26 Å². The van der Waals surface area contributed by atoms with Crippen LogP contribution in [0.2, 0.25) is 0 Å². The van der Waals surface area contributed by atoms with Crippen molar-refractivity contribution in [3.8, 4) is 6.07 Å². The average Bonchev–Trinajstić information content (AvgIpc) is 2.52. The number of aromatic nitrogens is 1. The second-order valence-electron chi connectivity index (χ2n) is 4.78. The van der Waals surface area contributed by atoms with Gasteiger partial charge in [0.15, 0.2) is 0 Å². The third-order valence-corrected chi connectivity index (χ3v) is 3.21. The van der Waals surface area contributed by atoms with Gasteiger partial charge in [-0.3, -0.25) is 9.78 Å². The number of pyridine rings is 1. The van der Waals surface area contributed by atoms with Gasteiger partial charge in [-0.1, -0.05) is 12.1 Å². The minimum absolute atomic E-state index is 0.0853. The molecule has 0 spiro atoms. The van der Waals surface area contributed by atoms with Crippen LogP contribution in [0.15, 0.2) is 42.5 Å². The largest absolute Gasteiger partial charge is 0.333 e. The van der Waals surface area contributed by atoms with E-state index in [1.807, 2.05) is 32.0 Å². The van der Waals surface area contributed by atoms with Crippen LogP contribution in [0, 0.1) is 18.3 Å². The highest BCUT2D eigenvalue weighted by atomic mass is 16.2. The monoisotopic (exact) mass is 279 g/mol. The molecule has 0 saturated heterocycles. The van der Waals surface area contributed by atoms with Gasteiger partial charge in [0.25, 0.3) is 5.91 Å². The fourth-order valence-corrected chi connectivity index (χ4v) is 2.11. The van der Waals surface area contributed by atoms with E-state index < -0.39 is 0 Å². The summed E-state index contributed by atoms with van der Waals surface area (Å²) in [5.41, 5.74) is 2.82. The molecule has 4 heteroatoms. The van der Waals surface area contributed by atoms with E-state index in [4.69, 9.17) is 5.26 Å². The quantitative estimate of drug-likeness (QED) is 0.864. The number of benzene rings is 1. The number of carbonyl (C=O) groups is 1. The lowest BCUT2D eigenvalue weighted by Gasteiger charge is -2.20. The Labute approximate surface area is 124 Å². The van der Waals surface area contributed by atoms with Gasteiger partial charge in [-0.2, -0.15) is 5.26 Å². The summed E-state index contributed by atoms with van der Waals surface area (Å²) in [5, 5.41) is 8.92. The predicted molar refractivity (Wildman–Crippen MR) is 80.5 cm³/mol. The van der Waals surface area contributed by atoms with Gasteiger partial charge in [-0.25, -0.2) is 0 Å². The van der Waals surface area contributed by atoms with Crippen molar-refractivity contribution < 1.29 is 4.79 Å². The highest BCUT2D eigenvalue weighted by Gasteiger charge is 2.15. The molecule has 0 aliphatic carbocycles. The number of nitriles is 1. The molecule has 0 unspecified atom stereocenters. The number of rotatable bonds is 4. The SMILES string of the molecule is CCN(Cc1cccc(C)n1)C(=O)c1cccc(C#N)c1. The smallest absolute Gasteiger partial charge is 0.254 e. The summed E-state index contributed by atoms with van der Waals surface area (Å²) in [4.78, 5) is 18.7. The van der Waals surface area contributed by atoms with Crippen molar-refractivity contribution in [2.75, 3.05) is 6.54 Å². The molecule has 0 saturated carbocycles. The van der Waals surface area contributed by atoms with Gasteiger partial charge < -0.3 is 4.90 Å². The lowest BCUT2D eigenvalue weighted by Crippen LogP contribution is -2.30. The number of nitrogens with zero attached hydrogens (tertiary/aromatic N) is 3. The Bertz CT molecular complexity index is 688. The van der Waals surface area contributed by atoms with E-state index in [0.29, 0.717) is 24.2 Å². The van der Waals surface area contributed by atoms with E-state index in [1.165, 1.54) is 0 Å². The fourth-order valence-electron chi connectivity index (χ4n) is 2.11. The first kappa shape index (κ1) is 14.7. The molecule has 4 nitrogen and oxygen atoms in total. The summed E-state index contributed by atoms with van der Waals surface area (Å²) in [7, 11) is 0. The van der Waals surface area contributed by atoms with Crippen molar-refractivity contribution in [2.45, 2.75) is 20.4 Å². The van der Waals surface area contributed by atoms with Crippen molar-refractivity contribution in [3.63, 3.8) is 0 Å². The normalized spacial score (nSPS) is 9.95. The van der Waals surface area contributed by atoms with Crippen molar-refractivity contribution in [2.24, 2.45) is 0 Å². The summed E-state index contributed by atoms with van der Waals surface area (Å²) >= 11 is 0. The Hall–Kier alpha value is -2.67. The molecule has 0 atom stereocenters. The molecule has 0 aliphatic heterocycles. The molecule has 0 bridgehead atoms. The van der Waals surface area contributed by atoms with Gasteiger partial charge in [-0.05, 0) is 44.2 Å². The van der Waals surface area contributed by atoms with Gasteiger partial charge in [0, 0.05) is 17.8 Å². The number of hydrogen-bond acceptors (Lipinski definition) is 3. The highest BCUT2D eigenvalue weighted by Crippen LogP contribution is 2.11. The molecule has 1 amide bonds. The lowest BCUT2D eigenvalue weighted by molar-refractivity contribution is 0.0750. The summed E-state index contributed by atoms with van der Waals surface area (Å²) in [6, 6.07) is 14.6. The topological polar surface area (TPSA) is 57.0 Å². The maximum atomic E-state index is 12.5. The summed E-state index contributed by atoms with van der Waals surface area (Å²) in [6.45, 7) is 4.92. The van der Waals surface area contributed by atoms with Crippen LogP contribution in [0.4, 0.5) is 0 Å². The maximum Gasteiger partial charge on any atom is 0.254 e. The summed E-state index contributed by atoms with van der Waals surface area (Å²) in [6.07, 6.45) is 0. The molecule has 21 heavy (non-hydrogen) atoms. The van der Waals surface area contributed by atoms with Crippen LogP contribution in [0.25, 0.3) is 0 Å². The lowest BCUT2D eigenvalue weighted by atomic mass is 10.1. The minimum Gasteiger partial charge on any atom is -0.333 e. The number of amides is 1. The van der Waals surface area contributed by atoms with E-state index >= 15 is 0 Å². The molecular weight excluding hydrogens is 262 g/mol. The fraction of sp³-hybridized carbons (Fsp3) is 0.235. The number of carbonyl (C=O) groups excluding carboxylic acids is 1. The van der Waals surface area contributed by atoms with Crippen molar-refractivity contribution in [1.82, 2.24) is 9.88 Å².